The Morgan fingerprint density at radius 3 is 2.28 bits per heavy atom. The number of nitrogens with zero attached hydrogens (tertiary/aromatic N) is 1. The Morgan fingerprint density at radius 2 is 1.89 bits per heavy atom. The molecule has 2 N–H and O–H groups in total. The minimum Gasteiger partial charge on any atom is -0.330 e. The Morgan fingerprint density at radius 1 is 1.33 bits per heavy atom. The second kappa shape index (κ2) is 6.21. The zero-order valence-electron chi connectivity index (χ0n) is 12.8. The summed E-state index contributed by atoms with van der Waals surface area (Å²) in [7, 11) is 0. The van der Waals surface area contributed by atoms with Gasteiger partial charge in [0, 0.05) is 18.6 Å². The molecule has 0 saturated heterocycles. The zero-order valence-corrected chi connectivity index (χ0v) is 12.8. The Bertz CT molecular complexity index is 257. The van der Waals surface area contributed by atoms with Crippen molar-refractivity contribution in [3.8, 4) is 0 Å². The summed E-state index contributed by atoms with van der Waals surface area (Å²) in [6.07, 6.45) is 7.26. The van der Waals surface area contributed by atoms with Crippen LogP contribution in [-0.2, 0) is 0 Å². The number of hydrogen-bond donors (Lipinski definition) is 1. The predicted molar refractivity (Wildman–Crippen MR) is 80.6 cm³/mol. The van der Waals surface area contributed by atoms with Crippen LogP contribution in [0.25, 0.3) is 0 Å². The van der Waals surface area contributed by atoms with E-state index in [-0.39, 0.29) is 5.54 Å². The molecule has 0 amide bonds. The van der Waals surface area contributed by atoms with Crippen molar-refractivity contribution in [3.63, 3.8) is 0 Å². The topological polar surface area (TPSA) is 29.3 Å². The molecular formula is C16H32N2. The monoisotopic (exact) mass is 252 g/mol. The van der Waals surface area contributed by atoms with Crippen LogP contribution in [0.3, 0.4) is 0 Å². The Hall–Kier alpha value is -0.340. The van der Waals surface area contributed by atoms with E-state index in [1.54, 1.807) is 0 Å². The quantitative estimate of drug-likeness (QED) is 0.760. The molecule has 18 heavy (non-hydrogen) atoms. The molecular weight excluding hydrogens is 220 g/mol. The number of hydrogen-bond acceptors (Lipinski definition) is 2. The van der Waals surface area contributed by atoms with Gasteiger partial charge in [0.05, 0.1) is 0 Å². The van der Waals surface area contributed by atoms with Gasteiger partial charge >= 0.3 is 0 Å². The lowest BCUT2D eigenvalue weighted by molar-refractivity contribution is 0.0513. The van der Waals surface area contributed by atoms with Crippen LogP contribution >= 0.6 is 0 Å². The highest BCUT2D eigenvalue weighted by atomic mass is 15.2. The van der Waals surface area contributed by atoms with Crippen LogP contribution in [0.4, 0.5) is 0 Å². The van der Waals surface area contributed by atoms with Gasteiger partial charge in [-0.05, 0) is 51.5 Å². The third-order valence-electron chi connectivity index (χ3n) is 4.59. The minimum atomic E-state index is 0.194. The summed E-state index contributed by atoms with van der Waals surface area (Å²) in [5, 5.41) is 0. The first-order chi connectivity index (χ1) is 8.33. The fourth-order valence-corrected chi connectivity index (χ4v) is 2.94. The molecule has 0 aromatic carbocycles. The molecule has 106 valence electrons. The standard InChI is InChI=1S/C16H32N2/c1-6-11-18(15(3,4)5)13-16(12-17)9-7-14(2)8-10-16/h6,14H,1,7-13,17H2,2-5H3. The smallest absolute Gasteiger partial charge is 0.0166 e. The van der Waals surface area contributed by atoms with E-state index < -0.39 is 0 Å². The van der Waals surface area contributed by atoms with Crippen molar-refractivity contribution in [1.29, 1.82) is 0 Å². The summed E-state index contributed by atoms with van der Waals surface area (Å²) in [4.78, 5) is 2.53. The van der Waals surface area contributed by atoms with E-state index in [2.05, 4.69) is 39.2 Å². The van der Waals surface area contributed by atoms with Gasteiger partial charge in [0.15, 0.2) is 0 Å². The van der Waals surface area contributed by atoms with E-state index in [1.807, 2.05) is 6.08 Å². The van der Waals surface area contributed by atoms with Gasteiger partial charge in [-0.1, -0.05) is 25.8 Å². The molecule has 0 aromatic heterocycles. The molecule has 0 aromatic rings. The highest BCUT2D eigenvalue weighted by Gasteiger charge is 2.36. The number of rotatable bonds is 5. The Balaban J connectivity index is 2.73. The molecule has 2 nitrogen and oxygen atoms in total. The average Bonchev–Trinajstić information content (AvgIpc) is 2.30. The van der Waals surface area contributed by atoms with E-state index >= 15 is 0 Å². The van der Waals surface area contributed by atoms with Crippen molar-refractivity contribution < 1.29 is 0 Å². The largest absolute Gasteiger partial charge is 0.330 e. The lowest BCUT2D eigenvalue weighted by Gasteiger charge is -2.46. The van der Waals surface area contributed by atoms with Gasteiger partial charge in [0.25, 0.3) is 0 Å². The van der Waals surface area contributed by atoms with Crippen LogP contribution in [-0.4, -0.2) is 30.1 Å². The van der Waals surface area contributed by atoms with Crippen LogP contribution in [0.5, 0.6) is 0 Å². The highest BCUT2D eigenvalue weighted by molar-refractivity contribution is 4.93. The molecule has 0 radical (unpaired) electrons. The van der Waals surface area contributed by atoms with E-state index in [4.69, 9.17) is 5.73 Å². The lowest BCUT2D eigenvalue weighted by Crippen LogP contribution is -2.51. The first kappa shape index (κ1) is 15.7. The van der Waals surface area contributed by atoms with Crippen molar-refractivity contribution in [2.45, 2.75) is 58.9 Å². The molecule has 0 spiro atoms. The van der Waals surface area contributed by atoms with Crippen molar-refractivity contribution >= 4 is 0 Å². The first-order valence-corrected chi connectivity index (χ1v) is 7.39. The summed E-state index contributed by atoms with van der Waals surface area (Å²) in [5.74, 6) is 0.882. The van der Waals surface area contributed by atoms with Gasteiger partial charge < -0.3 is 5.73 Å². The average molecular weight is 252 g/mol. The molecule has 1 aliphatic carbocycles. The SMILES string of the molecule is C=CCN(CC1(CN)CCC(C)CC1)C(C)(C)C. The molecule has 1 rings (SSSR count). The van der Waals surface area contributed by atoms with Gasteiger partial charge in [-0.25, -0.2) is 0 Å². The molecule has 2 heteroatoms. The molecule has 0 unspecified atom stereocenters. The first-order valence-electron chi connectivity index (χ1n) is 7.39. The summed E-state index contributed by atoms with van der Waals surface area (Å²) in [6.45, 7) is 16.0. The zero-order chi connectivity index (χ0) is 13.8. The van der Waals surface area contributed by atoms with E-state index in [0.29, 0.717) is 5.41 Å². The van der Waals surface area contributed by atoms with Crippen LogP contribution < -0.4 is 5.73 Å². The molecule has 0 atom stereocenters. The maximum Gasteiger partial charge on any atom is 0.0166 e. The summed E-state index contributed by atoms with van der Waals surface area (Å²) < 4.78 is 0. The molecule has 1 fully saturated rings. The van der Waals surface area contributed by atoms with Crippen molar-refractivity contribution in [1.82, 2.24) is 4.90 Å². The Kier molecular flexibility index (Phi) is 5.42. The normalized spacial score (nSPS) is 29.6. The molecule has 1 saturated carbocycles. The van der Waals surface area contributed by atoms with Gasteiger partial charge in [-0.3, -0.25) is 4.90 Å². The van der Waals surface area contributed by atoms with Gasteiger partial charge in [0.2, 0.25) is 0 Å². The van der Waals surface area contributed by atoms with Crippen LogP contribution in [0.2, 0.25) is 0 Å². The van der Waals surface area contributed by atoms with Crippen molar-refractivity contribution in [3.05, 3.63) is 12.7 Å². The van der Waals surface area contributed by atoms with Gasteiger partial charge in [-0.2, -0.15) is 0 Å². The van der Waals surface area contributed by atoms with Gasteiger partial charge in [0.1, 0.15) is 0 Å². The van der Waals surface area contributed by atoms with Crippen molar-refractivity contribution in [2.24, 2.45) is 17.1 Å². The fraction of sp³-hybridized carbons (Fsp3) is 0.875. The maximum absolute atomic E-state index is 6.12. The third-order valence-corrected chi connectivity index (χ3v) is 4.59. The van der Waals surface area contributed by atoms with E-state index in [1.165, 1.54) is 25.7 Å². The third kappa shape index (κ3) is 4.10. The minimum absolute atomic E-state index is 0.194. The fourth-order valence-electron chi connectivity index (χ4n) is 2.94. The van der Waals surface area contributed by atoms with E-state index in [9.17, 15) is 0 Å². The molecule has 1 aliphatic rings. The Labute approximate surface area is 114 Å². The number of nitrogens with two attached hydrogens (primary N) is 1. The molecule has 0 heterocycles. The van der Waals surface area contributed by atoms with Gasteiger partial charge in [-0.15, -0.1) is 6.58 Å². The summed E-state index contributed by atoms with van der Waals surface area (Å²) >= 11 is 0. The van der Waals surface area contributed by atoms with Crippen molar-refractivity contribution in [2.75, 3.05) is 19.6 Å². The van der Waals surface area contributed by atoms with Crippen LogP contribution in [0.15, 0.2) is 12.7 Å². The maximum atomic E-state index is 6.12. The summed E-state index contributed by atoms with van der Waals surface area (Å²) in [6, 6.07) is 0. The van der Waals surface area contributed by atoms with Crippen LogP contribution in [0.1, 0.15) is 53.4 Å². The highest BCUT2D eigenvalue weighted by Crippen LogP contribution is 2.39. The predicted octanol–water partition coefficient (Wildman–Crippen LogP) is 3.43. The second-order valence-corrected chi connectivity index (χ2v) is 7.23. The molecule has 0 bridgehead atoms. The molecule has 0 aliphatic heterocycles. The van der Waals surface area contributed by atoms with E-state index in [0.717, 1.165) is 25.6 Å². The van der Waals surface area contributed by atoms with Crippen LogP contribution in [0, 0.1) is 11.3 Å². The summed E-state index contributed by atoms with van der Waals surface area (Å²) in [5.41, 5.74) is 6.65. The lowest BCUT2D eigenvalue weighted by atomic mass is 9.70. The second-order valence-electron chi connectivity index (χ2n) is 7.23.